The normalized spacial score (nSPS) is 11.2. The molecule has 228 valence electrons. The van der Waals surface area contributed by atoms with Crippen LogP contribution in [0.15, 0.2) is 107 Å². The molecule has 0 aliphatic carbocycles. The predicted molar refractivity (Wildman–Crippen MR) is 166 cm³/mol. The highest BCUT2D eigenvalue weighted by Crippen LogP contribution is 2.28. The van der Waals surface area contributed by atoms with E-state index in [1.165, 1.54) is 40.9 Å². The number of fused-ring (bicyclic) bond motifs is 2. The second-order valence-electron chi connectivity index (χ2n) is 10.1. The van der Waals surface area contributed by atoms with Crippen LogP contribution in [0.4, 0.5) is 20.7 Å². The van der Waals surface area contributed by atoms with Crippen LogP contribution in [0.1, 0.15) is 11.1 Å². The molecule has 0 amide bonds. The van der Waals surface area contributed by atoms with Gasteiger partial charge in [-0.15, -0.1) is 0 Å². The van der Waals surface area contributed by atoms with Gasteiger partial charge in [-0.25, -0.2) is 28.7 Å². The largest absolute Gasteiger partial charge is 0.463 e. The van der Waals surface area contributed by atoms with Crippen LogP contribution in [-0.4, -0.2) is 39.0 Å². The van der Waals surface area contributed by atoms with E-state index in [-0.39, 0.29) is 24.0 Å². The van der Waals surface area contributed by atoms with Crippen LogP contribution >= 0.6 is 0 Å². The zero-order chi connectivity index (χ0) is 31.6. The number of nitrogens with two attached hydrogens (primary N) is 2. The lowest BCUT2D eigenvalue weighted by Gasteiger charge is -2.07. The molecule has 6 aromatic heterocycles. The Morgan fingerprint density at radius 3 is 1.61 bits per heavy atom. The van der Waals surface area contributed by atoms with E-state index in [9.17, 15) is 8.78 Å². The molecule has 8 aromatic rings. The average molecular weight is 619 g/mol. The second kappa shape index (κ2) is 11.9. The van der Waals surface area contributed by atoms with Crippen LogP contribution in [0.2, 0.25) is 0 Å². The third-order valence-electron chi connectivity index (χ3n) is 7.06. The molecule has 0 spiro atoms. The first-order valence-electron chi connectivity index (χ1n) is 14.0. The number of aromatic nitrogens is 8. The van der Waals surface area contributed by atoms with Crippen molar-refractivity contribution in [1.29, 1.82) is 0 Å². The standard InChI is InChI=1S/C16H11F2N5O.C16H13N5O/c17-10-3-1-4-11(18)9(10)7-23-8-20-14-13(12-5-2-6-24-12)21-16(19)22-15(14)23;17-16-19-13(12-7-4-8-22-12)14-15(20-16)21(10-18-14)9-11-5-2-1-3-6-11/h1-6,8H,7H2,(H2,19,21,22);1-8,10H,9H2,(H2,17,19,20). The number of nitrogens with zero attached hydrogens (tertiary/aromatic N) is 8. The van der Waals surface area contributed by atoms with Crippen molar-refractivity contribution in [2.75, 3.05) is 11.5 Å². The van der Waals surface area contributed by atoms with Gasteiger partial charge in [0.05, 0.1) is 38.3 Å². The molecule has 4 N–H and O–H groups in total. The minimum Gasteiger partial charge on any atom is -0.463 e. The zero-order valence-corrected chi connectivity index (χ0v) is 24.0. The summed E-state index contributed by atoms with van der Waals surface area (Å²) in [7, 11) is 0. The topological polar surface area (TPSA) is 166 Å². The fourth-order valence-corrected chi connectivity index (χ4v) is 4.96. The Bertz CT molecular complexity index is 2240. The maximum Gasteiger partial charge on any atom is 0.222 e. The molecule has 0 aliphatic heterocycles. The van der Waals surface area contributed by atoms with E-state index in [0.29, 0.717) is 51.8 Å². The Morgan fingerprint density at radius 2 is 1.11 bits per heavy atom. The molecular weight excluding hydrogens is 594 g/mol. The first-order chi connectivity index (χ1) is 22.4. The fourth-order valence-electron chi connectivity index (χ4n) is 4.96. The van der Waals surface area contributed by atoms with Gasteiger partial charge in [0, 0.05) is 5.56 Å². The molecule has 0 fully saturated rings. The Labute approximate surface area is 259 Å². The van der Waals surface area contributed by atoms with Crippen LogP contribution in [0, 0.1) is 11.6 Å². The van der Waals surface area contributed by atoms with Gasteiger partial charge in [0.2, 0.25) is 11.9 Å². The van der Waals surface area contributed by atoms with Crippen molar-refractivity contribution in [2.24, 2.45) is 0 Å². The van der Waals surface area contributed by atoms with Gasteiger partial charge in [-0.2, -0.15) is 9.97 Å². The summed E-state index contributed by atoms with van der Waals surface area (Å²) in [6, 6.07) is 20.9. The second-order valence-corrected chi connectivity index (χ2v) is 10.1. The van der Waals surface area contributed by atoms with E-state index in [4.69, 9.17) is 20.3 Å². The molecule has 8 rings (SSSR count). The number of anilines is 2. The minimum atomic E-state index is -0.634. The van der Waals surface area contributed by atoms with Crippen molar-refractivity contribution in [3.05, 3.63) is 121 Å². The summed E-state index contributed by atoms with van der Waals surface area (Å²) in [6.45, 7) is 0.606. The zero-order valence-electron chi connectivity index (χ0n) is 24.0. The summed E-state index contributed by atoms with van der Waals surface area (Å²) in [4.78, 5) is 25.6. The number of imidazole rings is 2. The van der Waals surface area contributed by atoms with E-state index in [1.54, 1.807) is 30.8 Å². The number of rotatable bonds is 6. The maximum absolute atomic E-state index is 13.9. The summed E-state index contributed by atoms with van der Waals surface area (Å²) in [5.74, 6) is 0.0640. The molecule has 14 heteroatoms. The number of hydrogen-bond acceptors (Lipinski definition) is 10. The van der Waals surface area contributed by atoms with Gasteiger partial charge in [0.1, 0.15) is 34.1 Å². The van der Waals surface area contributed by atoms with E-state index in [2.05, 4.69) is 42.0 Å². The van der Waals surface area contributed by atoms with Crippen molar-refractivity contribution < 1.29 is 17.6 Å². The van der Waals surface area contributed by atoms with Crippen LogP contribution < -0.4 is 11.5 Å². The van der Waals surface area contributed by atoms with Crippen LogP contribution in [0.5, 0.6) is 0 Å². The smallest absolute Gasteiger partial charge is 0.222 e. The highest BCUT2D eigenvalue weighted by Gasteiger charge is 2.18. The molecule has 12 nitrogen and oxygen atoms in total. The third kappa shape index (κ3) is 5.50. The Balaban J connectivity index is 0.000000147. The maximum atomic E-state index is 13.9. The Kier molecular flexibility index (Phi) is 7.34. The molecule has 46 heavy (non-hydrogen) atoms. The van der Waals surface area contributed by atoms with Crippen molar-refractivity contribution >= 4 is 34.2 Å². The van der Waals surface area contributed by atoms with Crippen molar-refractivity contribution in [2.45, 2.75) is 13.1 Å². The molecule has 0 saturated carbocycles. The van der Waals surface area contributed by atoms with Gasteiger partial charge in [0.15, 0.2) is 22.8 Å². The number of benzene rings is 2. The average Bonchev–Trinajstić information content (AvgIpc) is 3.88. The fraction of sp³-hybridized carbons (Fsp3) is 0.0625. The number of halogens is 2. The molecular formula is C32H24F2N10O2. The lowest BCUT2D eigenvalue weighted by Crippen LogP contribution is -2.06. The highest BCUT2D eigenvalue weighted by molar-refractivity contribution is 5.87. The first-order valence-corrected chi connectivity index (χ1v) is 14.0. The number of nitrogen functional groups attached to an aromatic ring is 2. The summed E-state index contributed by atoms with van der Waals surface area (Å²) >= 11 is 0. The molecule has 2 aromatic carbocycles. The number of furan rings is 2. The van der Waals surface area contributed by atoms with Gasteiger partial charge in [-0.05, 0) is 42.0 Å². The lowest BCUT2D eigenvalue weighted by atomic mass is 10.2. The molecule has 0 radical (unpaired) electrons. The lowest BCUT2D eigenvalue weighted by molar-refractivity contribution is 0.546. The minimum absolute atomic E-state index is 0.0182. The summed E-state index contributed by atoms with van der Waals surface area (Å²) in [5, 5.41) is 0. The van der Waals surface area contributed by atoms with Crippen molar-refractivity contribution in [3.8, 4) is 22.9 Å². The van der Waals surface area contributed by atoms with Crippen molar-refractivity contribution in [3.63, 3.8) is 0 Å². The summed E-state index contributed by atoms with van der Waals surface area (Å²) in [6.07, 6.45) is 6.29. The van der Waals surface area contributed by atoms with Crippen LogP contribution in [0.3, 0.4) is 0 Å². The third-order valence-corrected chi connectivity index (χ3v) is 7.06. The summed E-state index contributed by atoms with van der Waals surface area (Å²) in [5.41, 5.74) is 15.9. The van der Waals surface area contributed by atoms with Gasteiger partial charge in [0.25, 0.3) is 0 Å². The van der Waals surface area contributed by atoms with Gasteiger partial charge >= 0.3 is 0 Å². The van der Waals surface area contributed by atoms with Crippen LogP contribution in [0.25, 0.3) is 45.2 Å². The molecule has 6 heterocycles. The monoisotopic (exact) mass is 618 g/mol. The molecule has 0 aliphatic rings. The van der Waals surface area contributed by atoms with Crippen LogP contribution in [-0.2, 0) is 13.1 Å². The molecule has 0 atom stereocenters. The van der Waals surface area contributed by atoms with Gasteiger partial charge in [-0.1, -0.05) is 36.4 Å². The van der Waals surface area contributed by atoms with Crippen molar-refractivity contribution in [1.82, 2.24) is 39.0 Å². The SMILES string of the molecule is Nc1nc(-c2ccco2)c2ncn(Cc3c(F)cccc3F)c2n1.Nc1nc(-c2ccco2)c2ncn(Cc3ccccc3)c2n1. The van der Waals surface area contributed by atoms with E-state index < -0.39 is 11.6 Å². The Morgan fingerprint density at radius 1 is 0.587 bits per heavy atom. The summed E-state index contributed by atoms with van der Waals surface area (Å²) < 4.78 is 42.0. The highest BCUT2D eigenvalue weighted by atomic mass is 19.1. The molecule has 0 bridgehead atoms. The molecule has 0 saturated heterocycles. The predicted octanol–water partition coefficient (Wildman–Crippen LogP) is 5.71. The van der Waals surface area contributed by atoms with Gasteiger partial charge < -0.3 is 29.4 Å². The van der Waals surface area contributed by atoms with Gasteiger partial charge in [-0.3, -0.25) is 0 Å². The van der Waals surface area contributed by atoms with E-state index >= 15 is 0 Å². The van der Waals surface area contributed by atoms with E-state index in [1.807, 2.05) is 28.8 Å². The quantitative estimate of drug-likeness (QED) is 0.236. The molecule has 0 unspecified atom stereocenters. The number of hydrogen-bond donors (Lipinski definition) is 2. The van der Waals surface area contributed by atoms with E-state index in [0.717, 1.165) is 0 Å². The Hall–Kier alpha value is -6.44. The first kappa shape index (κ1) is 28.3.